The lowest BCUT2D eigenvalue weighted by atomic mass is 10.1. The van der Waals surface area contributed by atoms with Crippen LogP contribution in [0.15, 0.2) is 12.3 Å². The fourth-order valence-corrected chi connectivity index (χ4v) is 3.41. The minimum Gasteiger partial charge on any atom is -0.387 e. The topological polar surface area (TPSA) is 159 Å². The molecule has 0 aromatic carbocycles. The van der Waals surface area contributed by atoms with Crippen molar-refractivity contribution in [2.45, 2.75) is 31.5 Å². The summed E-state index contributed by atoms with van der Waals surface area (Å²) in [6.45, 7) is 2.23. The maximum Gasteiger partial charge on any atom is 0.350 e. The molecule has 2 aromatic heterocycles. The summed E-state index contributed by atoms with van der Waals surface area (Å²) in [6, 6.07) is 1.73. The molecule has 3 rings (SSSR count). The number of nitrogens with zero attached hydrogens (tertiary/aromatic N) is 3. The lowest BCUT2D eigenvalue weighted by Crippen LogP contribution is -2.33. The van der Waals surface area contributed by atoms with Crippen molar-refractivity contribution >= 4 is 36.0 Å². The number of aromatic nitrogens is 3. The van der Waals surface area contributed by atoms with Crippen LogP contribution >= 0.6 is 19.2 Å². The SMILES string of the molecule is CCNc1nc(Cl)nc2c1ccn2[C@@H]1O[C@H](COCP(=O)(O)O)[C@@H](O)[C@H]1O. The molecule has 5 N–H and O–H groups in total. The van der Waals surface area contributed by atoms with Crippen LogP contribution in [-0.4, -0.2) is 72.3 Å². The molecule has 1 aliphatic rings. The number of hydrogen-bond acceptors (Lipinski definition) is 8. The molecular formula is C14H20ClN4O7P. The Morgan fingerprint density at radius 3 is 2.78 bits per heavy atom. The Bertz CT molecular complexity index is 859. The molecular weight excluding hydrogens is 403 g/mol. The summed E-state index contributed by atoms with van der Waals surface area (Å²) in [6.07, 6.45) is -3.76. The molecule has 1 saturated heterocycles. The predicted octanol–water partition coefficient (Wildman–Crippen LogP) is 0.287. The summed E-state index contributed by atoms with van der Waals surface area (Å²) < 4.78 is 22.9. The van der Waals surface area contributed by atoms with Gasteiger partial charge in [-0.1, -0.05) is 0 Å². The first-order valence-electron chi connectivity index (χ1n) is 8.13. The first kappa shape index (κ1) is 20.4. The van der Waals surface area contributed by atoms with Crippen molar-refractivity contribution in [3.05, 3.63) is 17.5 Å². The summed E-state index contributed by atoms with van der Waals surface area (Å²) >= 11 is 5.98. The molecule has 0 bridgehead atoms. The van der Waals surface area contributed by atoms with E-state index < -0.39 is 38.5 Å². The molecule has 2 aromatic rings. The van der Waals surface area contributed by atoms with Crippen LogP contribution in [0.2, 0.25) is 5.28 Å². The number of rotatable bonds is 7. The summed E-state index contributed by atoms with van der Waals surface area (Å²) in [5.41, 5.74) is 0.402. The van der Waals surface area contributed by atoms with E-state index in [0.717, 1.165) is 0 Å². The molecule has 150 valence electrons. The van der Waals surface area contributed by atoms with Gasteiger partial charge in [-0.25, -0.2) is 4.98 Å². The largest absolute Gasteiger partial charge is 0.387 e. The average molecular weight is 423 g/mol. The zero-order valence-electron chi connectivity index (χ0n) is 14.3. The van der Waals surface area contributed by atoms with Gasteiger partial charge in [0.2, 0.25) is 5.28 Å². The van der Waals surface area contributed by atoms with Gasteiger partial charge in [-0.15, -0.1) is 0 Å². The molecule has 4 atom stereocenters. The normalized spacial score (nSPS) is 26.0. The molecule has 0 spiro atoms. The van der Waals surface area contributed by atoms with Crippen LogP contribution in [0, 0.1) is 0 Å². The van der Waals surface area contributed by atoms with Crippen LogP contribution in [0.5, 0.6) is 0 Å². The van der Waals surface area contributed by atoms with Gasteiger partial charge in [0.1, 0.15) is 36.1 Å². The highest BCUT2D eigenvalue weighted by molar-refractivity contribution is 7.51. The van der Waals surface area contributed by atoms with Crippen molar-refractivity contribution in [3.8, 4) is 0 Å². The van der Waals surface area contributed by atoms with Crippen molar-refractivity contribution < 1.29 is 34.0 Å². The van der Waals surface area contributed by atoms with Crippen molar-refractivity contribution in [1.29, 1.82) is 0 Å². The summed E-state index contributed by atoms with van der Waals surface area (Å²) in [7, 11) is -4.34. The van der Waals surface area contributed by atoms with Crippen LogP contribution < -0.4 is 5.32 Å². The highest BCUT2D eigenvalue weighted by Crippen LogP contribution is 2.36. The molecule has 0 unspecified atom stereocenters. The second-order valence-electron chi connectivity index (χ2n) is 6.04. The lowest BCUT2D eigenvalue weighted by molar-refractivity contribution is -0.0610. The number of ether oxygens (including phenoxy) is 2. The summed E-state index contributed by atoms with van der Waals surface area (Å²) in [5.74, 6) is 0.529. The van der Waals surface area contributed by atoms with E-state index in [-0.39, 0.29) is 11.9 Å². The molecule has 0 radical (unpaired) electrons. The Hall–Kier alpha value is -1.30. The zero-order chi connectivity index (χ0) is 19.8. The third kappa shape index (κ3) is 4.41. The van der Waals surface area contributed by atoms with Crippen molar-refractivity contribution in [2.75, 3.05) is 24.8 Å². The van der Waals surface area contributed by atoms with Crippen LogP contribution in [0.1, 0.15) is 13.2 Å². The Morgan fingerprint density at radius 2 is 2.11 bits per heavy atom. The molecule has 3 heterocycles. The standard InChI is InChI=1S/C14H20ClN4O7P/c1-2-16-11-7-3-4-19(12(7)18-14(15)17-11)13-10(21)9(20)8(26-13)5-25-6-27(22,23)24/h3-4,8-10,13,20-21H,2,5-6H2,1H3,(H,16,17,18)(H2,22,23,24)/t8-,9-,10-,13-/m1/s1. The first-order chi connectivity index (χ1) is 12.7. The molecule has 11 nitrogen and oxygen atoms in total. The molecule has 1 fully saturated rings. The fourth-order valence-electron chi connectivity index (χ4n) is 2.90. The number of anilines is 1. The van der Waals surface area contributed by atoms with Gasteiger partial charge in [-0.3, -0.25) is 4.57 Å². The molecule has 1 aliphatic heterocycles. The number of nitrogens with one attached hydrogen (secondary N) is 1. The average Bonchev–Trinajstić information content (AvgIpc) is 3.10. The van der Waals surface area contributed by atoms with E-state index in [1.807, 2.05) is 6.92 Å². The number of aliphatic hydroxyl groups is 2. The maximum atomic E-state index is 10.8. The van der Waals surface area contributed by atoms with Crippen molar-refractivity contribution in [3.63, 3.8) is 0 Å². The van der Waals surface area contributed by atoms with Gasteiger partial charge in [0.15, 0.2) is 6.23 Å². The lowest BCUT2D eigenvalue weighted by Gasteiger charge is -2.17. The Labute approximate surface area is 159 Å². The third-order valence-corrected chi connectivity index (χ3v) is 4.73. The Balaban J connectivity index is 1.83. The monoisotopic (exact) mass is 422 g/mol. The third-order valence-electron chi connectivity index (χ3n) is 4.04. The smallest absolute Gasteiger partial charge is 0.350 e. The van der Waals surface area contributed by atoms with Gasteiger partial charge in [-0.05, 0) is 24.6 Å². The van der Waals surface area contributed by atoms with E-state index in [0.29, 0.717) is 23.4 Å². The molecule has 13 heteroatoms. The highest BCUT2D eigenvalue weighted by atomic mass is 35.5. The first-order valence-corrected chi connectivity index (χ1v) is 10.3. The van der Waals surface area contributed by atoms with Gasteiger partial charge in [0.05, 0.1) is 12.0 Å². The predicted molar refractivity (Wildman–Crippen MR) is 95.5 cm³/mol. The second kappa shape index (κ2) is 7.98. The van der Waals surface area contributed by atoms with Gasteiger partial charge < -0.3 is 39.4 Å². The maximum absolute atomic E-state index is 10.8. The van der Waals surface area contributed by atoms with E-state index in [9.17, 15) is 14.8 Å². The van der Waals surface area contributed by atoms with E-state index in [1.165, 1.54) is 4.57 Å². The number of fused-ring (bicyclic) bond motifs is 1. The van der Waals surface area contributed by atoms with Crippen molar-refractivity contribution in [2.24, 2.45) is 0 Å². The summed E-state index contributed by atoms with van der Waals surface area (Å²) in [4.78, 5) is 25.9. The van der Waals surface area contributed by atoms with Gasteiger partial charge in [0.25, 0.3) is 0 Å². The highest BCUT2D eigenvalue weighted by Gasteiger charge is 2.44. The van der Waals surface area contributed by atoms with E-state index in [4.69, 9.17) is 30.9 Å². The fraction of sp³-hybridized carbons (Fsp3) is 0.571. The minimum atomic E-state index is -4.34. The quantitative estimate of drug-likeness (QED) is 0.310. The molecule has 0 amide bonds. The van der Waals surface area contributed by atoms with Gasteiger partial charge in [0, 0.05) is 12.7 Å². The number of halogens is 1. The van der Waals surface area contributed by atoms with E-state index in [1.54, 1.807) is 12.3 Å². The molecule has 0 saturated carbocycles. The summed E-state index contributed by atoms with van der Waals surface area (Å²) in [5, 5.41) is 24.3. The molecule has 27 heavy (non-hydrogen) atoms. The van der Waals surface area contributed by atoms with Crippen LogP contribution in [0.25, 0.3) is 11.0 Å². The van der Waals surface area contributed by atoms with Crippen LogP contribution in [0.4, 0.5) is 5.82 Å². The van der Waals surface area contributed by atoms with E-state index >= 15 is 0 Å². The van der Waals surface area contributed by atoms with Gasteiger partial charge >= 0.3 is 7.60 Å². The Morgan fingerprint density at radius 1 is 1.37 bits per heavy atom. The Kier molecular flexibility index (Phi) is 6.04. The van der Waals surface area contributed by atoms with E-state index in [2.05, 4.69) is 15.3 Å². The van der Waals surface area contributed by atoms with Gasteiger partial charge in [-0.2, -0.15) is 4.98 Å². The number of aliphatic hydroxyl groups excluding tert-OH is 2. The minimum absolute atomic E-state index is 0.00737. The second-order valence-corrected chi connectivity index (χ2v) is 7.97. The zero-order valence-corrected chi connectivity index (χ0v) is 15.9. The van der Waals surface area contributed by atoms with Crippen molar-refractivity contribution in [1.82, 2.24) is 14.5 Å². The number of hydrogen-bond donors (Lipinski definition) is 5. The molecule has 0 aliphatic carbocycles. The van der Waals surface area contributed by atoms with Crippen LogP contribution in [0.3, 0.4) is 0 Å². The van der Waals surface area contributed by atoms with Crippen LogP contribution in [-0.2, 0) is 14.0 Å².